The number of H-pyrrole nitrogens is 1. The maximum absolute atomic E-state index is 13.3. The number of aryl methyl sites for hydroxylation is 2. The summed E-state index contributed by atoms with van der Waals surface area (Å²) in [7, 11) is 0. The van der Waals surface area contributed by atoms with E-state index >= 15 is 0 Å². The van der Waals surface area contributed by atoms with Crippen LogP contribution in [-0.4, -0.2) is 22.5 Å². The van der Waals surface area contributed by atoms with E-state index in [4.69, 9.17) is 4.74 Å². The molecular formula is C28H29N3O3. The summed E-state index contributed by atoms with van der Waals surface area (Å²) in [6.45, 7) is 7.04. The zero-order valence-corrected chi connectivity index (χ0v) is 19.7. The Labute approximate surface area is 199 Å². The van der Waals surface area contributed by atoms with Crippen molar-refractivity contribution in [2.45, 2.75) is 33.9 Å². The molecule has 0 fully saturated rings. The quantitative estimate of drug-likeness (QED) is 0.371. The van der Waals surface area contributed by atoms with Crippen LogP contribution < -0.4 is 15.6 Å². The van der Waals surface area contributed by atoms with Crippen LogP contribution in [0.15, 0.2) is 77.6 Å². The molecule has 6 nitrogen and oxygen atoms in total. The number of carbonyl (C=O) groups excluding carboxylic acids is 1. The molecule has 34 heavy (non-hydrogen) atoms. The molecule has 0 atom stereocenters. The van der Waals surface area contributed by atoms with Gasteiger partial charge in [0.05, 0.1) is 13.2 Å². The van der Waals surface area contributed by atoms with E-state index in [2.05, 4.69) is 10.3 Å². The lowest BCUT2D eigenvalue weighted by molar-refractivity contribution is 0.206. The van der Waals surface area contributed by atoms with Gasteiger partial charge in [-0.3, -0.25) is 4.79 Å². The number of pyridine rings is 1. The molecule has 2 N–H and O–H groups in total. The lowest BCUT2D eigenvalue weighted by Crippen LogP contribution is -2.35. The third kappa shape index (κ3) is 5.64. The molecule has 1 heterocycles. The molecule has 4 rings (SSSR count). The highest BCUT2D eigenvalue weighted by molar-refractivity contribution is 5.89. The van der Waals surface area contributed by atoms with E-state index in [1.54, 1.807) is 4.90 Å². The fourth-order valence-electron chi connectivity index (χ4n) is 3.76. The van der Waals surface area contributed by atoms with E-state index in [1.807, 2.05) is 93.6 Å². The average Bonchev–Trinajstić information content (AvgIpc) is 2.82. The minimum atomic E-state index is -0.271. The van der Waals surface area contributed by atoms with Crippen molar-refractivity contribution in [1.29, 1.82) is 0 Å². The number of carbonyl (C=O) groups is 1. The van der Waals surface area contributed by atoms with Crippen molar-refractivity contribution in [3.05, 3.63) is 105 Å². The normalized spacial score (nSPS) is 10.8. The van der Waals surface area contributed by atoms with Crippen LogP contribution in [0, 0.1) is 13.8 Å². The summed E-state index contributed by atoms with van der Waals surface area (Å²) >= 11 is 0. The second-order valence-electron chi connectivity index (χ2n) is 8.44. The first-order valence-corrected chi connectivity index (χ1v) is 11.4. The molecule has 0 bridgehead atoms. The summed E-state index contributed by atoms with van der Waals surface area (Å²) in [5.74, 6) is 0.738. The van der Waals surface area contributed by atoms with Gasteiger partial charge in [-0.15, -0.1) is 0 Å². The van der Waals surface area contributed by atoms with Crippen LogP contribution in [0.3, 0.4) is 0 Å². The molecule has 0 saturated carbocycles. The Hall–Kier alpha value is -4.06. The molecule has 0 radical (unpaired) electrons. The number of anilines is 1. The number of amides is 2. The molecule has 2 amide bonds. The van der Waals surface area contributed by atoms with Gasteiger partial charge in [0.15, 0.2) is 0 Å². The first-order chi connectivity index (χ1) is 16.4. The van der Waals surface area contributed by atoms with Crippen molar-refractivity contribution in [3.63, 3.8) is 0 Å². The first kappa shape index (κ1) is 23.1. The molecule has 1 aromatic heterocycles. The van der Waals surface area contributed by atoms with E-state index in [-0.39, 0.29) is 18.1 Å². The molecule has 4 aromatic rings. The Balaban J connectivity index is 1.64. The molecule has 0 spiro atoms. The number of aromatic amines is 1. The van der Waals surface area contributed by atoms with Crippen LogP contribution in [-0.2, 0) is 13.1 Å². The predicted octanol–water partition coefficient (Wildman–Crippen LogP) is 5.78. The molecule has 3 aromatic carbocycles. The summed E-state index contributed by atoms with van der Waals surface area (Å²) < 4.78 is 5.60. The van der Waals surface area contributed by atoms with Crippen molar-refractivity contribution >= 4 is 22.6 Å². The van der Waals surface area contributed by atoms with Crippen molar-refractivity contribution < 1.29 is 9.53 Å². The van der Waals surface area contributed by atoms with Crippen molar-refractivity contribution in [2.24, 2.45) is 0 Å². The van der Waals surface area contributed by atoms with Gasteiger partial charge in [-0.05, 0) is 62.7 Å². The van der Waals surface area contributed by atoms with E-state index in [1.165, 1.54) is 0 Å². The number of hydrogen-bond acceptors (Lipinski definition) is 3. The molecular weight excluding hydrogens is 426 g/mol. The third-order valence-electron chi connectivity index (χ3n) is 5.65. The summed E-state index contributed by atoms with van der Waals surface area (Å²) in [6, 6.07) is 22.8. The Bertz CT molecular complexity index is 1340. The number of aromatic nitrogens is 1. The minimum absolute atomic E-state index is 0.162. The lowest BCUT2D eigenvalue weighted by Gasteiger charge is -2.23. The van der Waals surface area contributed by atoms with Crippen molar-refractivity contribution in [3.8, 4) is 5.75 Å². The van der Waals surface area contributed by atoms with Gasteiger partial charge in [0.2, 0.25) is 0 Å². The highest BCUT2D eigenvalue weighted by Gasteiger charge is 2.17. The number of nitrogens with zero attached hydrogens (tertiary/aromatic N) is 1. The monoisotopic (exact) mass is 455 g/mol. The number of benzene rings is 3. The van der Waals surface area contributed by atoms with Crippen molar-refractivity contribution in [2.75, 3.05) is 11.9 Å². The van der Waals surface area contributed by atoms with Gasteiger partial charge < -0.3 is 19.9 Å². The smallest absolute Gasteiger partial charge is 0.322 e. The standard InChI is InChI=1S/C28H29N3O3/c1-4-34-25-13-14-26-22(16-25)15-23(27(32)30-26)18-31(17-21-9-5-19(2)6-10-21)28(33)29-24-11-7-20(3)8-12-24/h5-16H,4,17-18H2,1-3H3,(H,29,33)(H,30,32). The topological polar surface area (TPSA) is 74.4 Å². The second-order valence-corrected chi connectivity index (χ2v) is 8.44. The maximum atomic E-state index is 13.3. The van der Waals surface area contributed by atoms with Gasteiger partial charge in [0, 0.05) is 28.7 Å². The fraction of sp³-hybridized carbons (Fsp3) is 0.214. The molecule has 6 heteroatoms. The fourth-order valence-corrected chi connectivity index (χ4v) is 3.76. The Morgan fingerprint density at radius 1 is 0.912 bits per heavy atom. The van der Waals surface area contributed by atoms with Crippen LogP contribution in [0.25, 0.3) is 10.9 Å². The van der Waals surface area contributed by atoms with Crippen LogP contribution in [0.1, 0.15) is 29.2 Å². The first-order valence-electron chi connectivity index (χ1n) is 11.4. The van der Waals surface area contributed by atoms with E-state index in [0.717, 1.165) is 33.3 Å². The highest BCUT2D eigenvalue weighted by atomic mass is 16.5. The molecule has 0 aliphatic rings. The van der Waals surface area contributed by atoms with Gasteiger partial charge in [0.1, 0.15) is 5.75 Å². The van der Waals surface area contributed by atoms with E-state index in [0.29, 0.717) is 24.4 Å². The van der Waals surface area contributed by atoms with Crippen LogP contribution in [0.2, 0.25) is 0 Å². The third-order valence-corrected chi connectivity index (χ3v) is 5.65. The Morgan fingerprint density at radius 2 is 1.59 bits per heavy atom. The van der Waals surface area contributed by atoms with Crippen LogP contribution in [0.5, 0.6) is 5.75 Å². The zero-order valence-electron chi connectivity index (χ0n) is 19.7. The summed E-state index contributed by atoms with van der Waals surface area (Å²) in [5.41, 5.74) is 4.98. The van der Waals surface area contributed by atoms with Gasteiger partial charge in [0.25, 0.3) is 5.56 Å². The van der Waals surface area contributed by atoms with Crippen LogP contribution >= 0.6 is 0 Å². The Morgan fingerprint density at radius 3 is 2.26 bits per heavy atom. The average molecular weight is 456 g/mol. The predicted molar refractivity (Wildman–Crippen MR) is 136 cm³/mol. The van der Waals surface area contributed by atoms with Crippen molar-refractivity contribution in [1.82, 2.24) is 9.88 Å². The minimum Gasteiger partial charge on any atom is -0.494 e. The number of fused-ring (bicyclic) bond motifs is 1. The molecule has 0 aliphatic heterocycles. The number of nitrogens with one attached hydrogen (secondary N) is 2. The SMILES string of the molecule is CCOc1ccc2[nH]c(=O)c(CN(Cc3ccc(C)cc3)C(=O)Nc3ccc(C)cc3)cc2c1. The van der Waals surface area contributed by atoms with Crippen LogP contribution in [0.4, 0.5) is 10.5 Å². The number of rotatable bonds is 7. The molecule has 174 valence electrons. The van der Waals surface area contributed by atoms with E-state index < -0.39 is 0 Å². The highest BCUT2D eigenvalue weighted by Crippen LogP contribution is 2.20. The Kier molecular flexibility index (Phi) is 6.97. The largest absolute Gasteiger partial charge is 0.494 e. The van der Waals surface area contributed by atoms with Gasteiger partial charge in [-0.2, -0.15) is 0 Å². The maximum Gasteiger partial charge on any atom is 0.322 e. The lowest BCUT2D eigenvalue weighted by atomic mass is 10.1. The summed E-state index contributed by atoms with van der Waals surface area (Å²) in [6.07, 6.45) is 0. The second kappa shape index (κ2) is 10.3. The van der Waals surface area contributed by atoms with Gasteiger partial charge >= 0.3 is 6.03 Å². The summed E-state index contributed by atoms with van der Waals surface area (Å²) in [5, 5.41) is 3.81. The number of hydrogen-bond donors (Lipinski definition) is 2. The number of urea groups is 1. The molecule has 0 unspecified atom stereocenters. The summed E-state index contributed by atoms with van der Waals surface area (Å²) in [4.78, 5) is 30.7. The van der Waals surface area contributed by atoms with Gasteiger partial charge in [-0.25, -0.2) is 4.79 Å². The molecule has 0 aliphatic carbocycles. The molecule has 0 saturated heterocycles. The zero-order chi connectivity index (χ0) is 24.1. The van der Waals surface area contributed by atoms with Gasteiger partial charge in [-0.1, -0.05) is 47.5 Å². The number of ether oxygens (including phenoxy) is 1. The van der Waals surface area contributed by atoms with E-state index in [9.17, 15) is 9.59 Å².